The van der Waals surface area contributed by atoms with E-state index >= 15 is 0 Å². The van der Waals surface area contributed by atoms with Gasteiger partial charge in [0.2, 0.25) is 0 Å². The molecule has 0 radical (unpaired) electrons. The molecule has 55 heavy (non-hydrogen) atoms. The highest BCUT2D eigenvalue weighted by atomic mass is 14.9. The lowest BCUT2D eigenvalue weighted by Gasteiger charge is -2.22. The minimum Gasteiger partial charge on any atom is -0.228 e. The third-order valence-corrected chi connectivity index (χ3v) is 11.3. The van der Waals surface area contributed by atoms with Crippen LogP contribution in [0.25, 0.3) is 89.2 Å². The van der Waals surface area contributed by atoms with Gasteiger partial charge in [-0.25, -0.2) is 9.97 Å². The zero-order valence-electron chi connectivity index (χ0n) is 30.9. The molecule has 0 spiro atoms. The molecule has 10 rings (SSSR count). The monoisotopic (exact) mass is 702 g/mol. The molecule has 0 saturated heterocycles. The molecule has 0 atom stereocenters. The SMILES string of the molecule is CC1(C)c2cc3ccccc3cc2-c2c(-c3cccc(-c4cccc(-c5cc(-c6ccccc6-c6ccccc6)nc(-c6ccccc6)n5)c4)c3)cccc21. The van der Waals surface area contributed by atoms with Crippen LogP contribution in [0.1, 0.15) is 25.0 Å². The summed E-state index contributed by atoms with van der Waals surface area (Å²) in [7, 11) is 0. The highest BCUT2D eigenvalue weighted by Crippen LogP contribution is 2.53. The van der Waals surface area contributed by atoms with E-state index in [4.69, 9.17) is 9.97 Å². The molecular formula is C53H38N2. The summed E-state index contributed by atoms with van der Waals surface area (Å²) in [6, 6.07) is 69.6. The molecule has 0 fully saturated rings. The van der Waals surface area contributed by atoms with Gasteiger partial charge in [-0.1, -0.05) is 178 Å². The van der Waals surface area contributed by atoms with Gasteiger partial charge in [0, 0.05) is 22.1 Å². The number of fused-ring (bicyclic) bond motifs is 4. The molecule has 1 aliphatic rings. The van der Waals surface area contributed by atoms with Crippen molar-refractivity contribution in [1.29, 1.82) is 0 Å². The van der Waals surface area contributed by atoms with E-state index in [0.717, 1.165) is 44.8 Å². The largest absolute Gasteiger partial charge is 0.228 e. The van der Waals surface area contributed by atoms with E-state index < -0.39 is 0 Å². The van der Waals surface area contributed by atoms with Crippen LogP contribution in [-0.2, 0) is 5.41 Å². The summed E-state index contributed by atoms with van der Waals surface area (Å²) in [4.78, 5) is 10.4. The average molecular weight is 703 g/mol. The Morgan fingerprint density at radius 2 is 0.855 bits per heavy atom. The molecule has 2 heteroatoms. The van der Waals surface area contributed by atoms with Crippen LogP contribution >= 0.6 is 0 Å². The van der Waals surface area contributed by atoms with Gasteiger partial charge < -0.3 is 0 Å². The lowest BCUT2D eigenvalue weighted by molar-refractivity contribution is 0.661. The van der Waals surface area contributed by atoms with Crippen molar-refractivity contribution in [2.45, 2.75) is 19.3 Å². The second-order valence-electron chi connectivity index (χ2n) is 15.0. The maximum absolute atomic E-state index is 5.19. The summed E-state index contributed by atoms with van der Waals surface area (Å²) in [6.45, 7) is 4.72. The van der Waals surface area contributed by atoms with E-state index in [2.05, 4.69) is 190 Å². The van der Waals surface area contributed by atoms with E-state index in [-0.39, 0.29) is 5.41 Å². The molecule has 0 bridgehead atoms. The minimum absolute atomic E-state index is 0.0900. The van der Waals surface area contributed by atoms with Crippen LogP contribution in [0, 0.1) is 0 Å². The first-order valence-electron chi connectivity index (χ1n) is 19.0. The van der Waals surface area contributed by atoms with E-state index in [1.807, 2.05) is 18.2 Å². The van der Waals surface area contributed by atoms with Gasteiger partial charge in [0.15, 0.2) is 5.82 Å². The van der Waals surface area contributed by atoms with Crippen LogP contribution in [0.4, 0.5) is 0 Å². The molecule has 0 aliphatic heterocycles. The van der Waals surface area contributed by atoms with E-state index in [9.17, 15) is 0 Å². The molecule has 2 nitrogen and oxygen atoms in total. The molecule has 1 heterocycles. The average Bonchev–Trinajstić information content (AvgIpc) is 3.48. The normalized spacial score (nSPS) is 12.7. The second-order valence-corrected chi connectivity index (χ2v) is 15.0. The van der Waals surface area contributed by atoms with Crippen LogP contribution in [0.15, 0.2) is 194 Å². The highest BCUT2D eigenvalue weighted by molar-refractivity contribution is 5.99. The van der Waals surface area contributed by atoms with Crippen molar-refractivity contribution < 1.29 is 0 Å². The molecule has 0 N–H and O–H groups in total. The summed E-state index contributed by atoms with van der Waals surface area (Å²) in [5.41, 5.74) is 17.3. The lowest BCUT2D eigenvalue weighted by atomic mass is 9.81. The van der Waals surface area contributed by atoms with Crippen molar-refractivity contribution >= 4 is 10.8 Å². The van der Waals surface area contributed by atoms with Crippen LogP contribution in [0.2, 0.25) is 0 Å². The van der Waals surface area contributed by atoms with Gasteiger partial charge in [-0.3, -0.25) is 0 Å². The Hall–Kier alpha value is -6.90. The second kappa shape index (κ2) is 13.2. The van der Waals surface area contributed by atoms with Gasteiger partial charge >= 0.3 is 0 Å². The number of nitrogens with zero attached hydrogens (tertiary/aromatic N) is 2. The van der Waals surface area contributed by atoms with Gasteiger partial charge in [-0.15, -0.1) is 0 Å². The summed E-state index contributed by atoms with van der Waals surface area (Å²) >= 11 is 0. The predicted octanol–water partition coefficient (Wildman–Crippen LogP) is 13.9. The van der Waals surface area contributed by atoms with Crippen LogP contribution in [0.5, 0.6) is 0 Å². The Labute approximate surface area is 322 Å². The maximum atomic E-state index is 5.19. The molecule has 260 valence electrons. The Balaban J connectivity index is 1.08. The van der Waals surface area contributed by atoms with Crippen molar-refractivity contribution in [2.75, 3.05) is 0 Å². The smallest absolute Gasteiger partial charge is 0.160 e. The Kier molecular flexibility index (Phi) is 7.85. The Morgan fingerprint density at radius 1 is 0.327 bits per heavy atom. The Bertz CT molecular complexity index is 2890. The number of benzene rings is 8. The fourth-order valence-electron chi connectivity index (χ4n) is 8.46. The first kappa shape index (κ1) is 32.7. The van der Waals surface area contributed by atoms with Crippen LogP contribution < -0.4 is 0 Å². The van der Waals surface area contributed by atoms with Crippen molar-refractivity contribution in [3.05, 3.63) is 205 Å². The lowest BCUT2D eigenvalue weighted by Crippen LogP contribution is -2.14. The number of hydrogen-bond donors (Lipinski definition) is 0. The third kappa shape index (κ3) is 5.75. The van der Waals surface area contributed by atoms with Gasteiger partial charge in [0.25, 0.3) is 0 Å². The van der Waals surface area contributed by atoms with Gasteiger partial charge in [-0.05, 0) is 96.7 Å². The number of aromatic nitrogens is 2. The third-order valence-electron chi connectivity index (χ3n) is 11.3. The highest BCUT2D eigenvalue weighted by Gasteiger charge is 2.37. The molecule has 1 aromatic heterocycles. The fraction of sp³-hybridized carbons (Fsp3) is 0.0566. The van der Waals surface area contributed by atoms with Crippen molar-refractivity contribution in [1.82, 2.24) is 9.97 Å². The molecule has 9 aromatic rings. The zero-order valence-corrected chi connectivity index (χ0v) is 30.9. The van der Waals surface area contributed by atoms with E-state index in [1.165, 1.54) is 49.7 Å². The fourth-order valence-corrected chi connectivity index (χ4v) is 8.46. The molecule has 8 aromatic carbocycles. The predicted molar refractivity (Wildman–Crippen MR) is 230 cm³/mol. The summed E-state index contributed by atoms with van der Waals surface area (Å²) in [5.74, 6) is 0.706. The summed E-state index contributed by atoms with van der Waals surface area (Å²) in [5, 5.41) is 2.56. The van der Waals surface area contributed by atoms with Crippen molar-refractivity contribution in [3.63, 3.8) is 0 Å². The molecular weight excluding hydrogens is 665 g/mol. The van der Waals surface area contributed by atoms with Gasteiger partial charge in [0.05, 0.1) is 11.4 Å². The maximum Gasteiger partial charge on any atom is 0.160 e. The van der Waals surface area contributed by atoms with Crippen LogP contribution in [-0.4, -0.2) is 9.97 Å². The summed E-state index contributed by atoms with van der Waals surface area (Å²) < 4.78 is 0. The van der Waals surface area contributed by atoms with Gasteiger partial charge in [-0.2, -0.15) is 0 Å². The van der Waals surface area contributed by atoms with E-state index in [1.54, 1.807) is 0 Å². The number of hydrogen-bond acceptors (Lipinski definition) is 2. The minimum atomic E-state index is -0.0900. The van der Waals surface area contributed by atoms with Gasteiger partial charge in [0.1, 0.15) is 0 Å². The Morgan fingerprint density at radius 3 is 1.60 bits per heavy atom. The molecule has 0 unspecified atom stereocenters. The molecule has 0 saturated carbocycles. The quantitative estimate of drug-likeness (QED) is 0.172. The standard InChI is InChI=1S/C53H38N2/c1-53(2)47-29-15-28-44(51(47)46-32-39-20-9-10-21-40(39)33-48(46)53)41-24-13-22-37(30-41)38-23-14-25-42(31-38)49-34-50(55-52(54-49)36-18-7-4-8-19-36)45-27-12-11-26-43(45)35-16-5-3-6-17-35/h3-34H,1-2H3. The molecule has 0 amide bonds. The van der Waals surface area contributed by atoms with Crippen molar-refractivity contribution in [3.8, 4) is 78.4 Å². The van der Waals surface area contributed by atoms with Crippen LogP contribution in [0.3, 0.4) is 0 Å². The number of rotatable bonds is 6. The first-order valence-corrected chi connectivity index (χ1v) is 19.0. The zero-order chi connectivity index (χ0) is 36.9. The molecule has 1 aliphatic carbocycles. The van der Waals surface area contributed by atoms with E-state index in [0.29, 0.717) is 5.82 Å². The summed E-state index contributed by atoms with van der Waals surface area (Å²) in [6.07, 6.45) is 0. The van der Waals surface area contributed by atoms with Crippen molar-refractivity contribution in [2.24, 2.45) is 0 Å². The topological polar surface area (TPSA) is 25.8 Å². The first-order chi connectivity index (χ1) is 27.0.